The molecule has 0 spiro atoms. The number of benzene rings is 2. The topological polar surface area (TPSA) is 55.9 Å². The normalized spacial score (nSPS) is 15.3. The zero-order valence-electron chi connectivity index (χ0n) is 15.9. The minimum atomic E-state index is -0.117. The van der Waals surface area contributed by atoms with Crippen LogP contribution in [-0.4, -0.2) is 61.4 Å². The third-order valence-electron chi connectivity index (χ3n) is 4.66. The van der Waals surface area contributed by atoms with Crippen molar-refractivity contribution in [3.8, 4) is 0 Å². The fraction of sp³-hybridized carbons (Fsp3) is 0.333. The van der Waals surface area contributed by atoms with Crippen molar-refractivity contribution >= 4 is 28.9 Å². The summed E-state index contributed by atoms with van der Waals surface area (Å²) in [5, 5.41) is 2.75. The van der Waals surface area contributed by atoms with Gasteiger partial charge in [-0.15, -0.1) is 0 Å². The number of nitrogens with zero attached hydrogens (tertiary/aromatic N) is 3. The van der Waals surface area contributed by atoms with Gasteiger partial charge in [0.1, 0.15) is 0 Å². The average Bonchev–Trinajstić information content (AvgIpc) is 2.66. The van der Waals surface area contributed by atoms with Crippen LogP contribution in [0.3, 0.4) is 0 Å². The van der Waals surface area contributed by atoms with E-state index in [1.807, 2.05) is 54.6 Å². The van der Waals surface area contributed by atoms with Crippen molar-refractivity contribution in [3.05, 3.63) is 54.6 Å². The quantitative estimate of drug-likeness (QED) is 0.884. The van der Waals surface area contributed by atoms with E-state index in [1.165, 1.54) is 6.92 Å². The Labute approximate surface area is 160 Å². The number of hydrogen-bond acceptors (Lipinski definition) is 4. The van der Waals surface area contributed by atoms with E-state index in [2.05, 4.69) is 22.2 Å². The molecule has 1 fully saturated rings. The number of amides is 2. The van der Waals surface area contributed by atoms with Crippen molar-refractivity contribution in [2.24, 2.45) is 0 Å². The molecule has 1 N–H and O–H groups in total. The third-order valence-corrected chi connectivity index (χ3v) is 4.66. The lowest BCUT2D eigenvalue weighted by atomic mass is 10.2. The smallest absolute Gasteiger partial charge is 0.245 e. The lowest BCUT2D eigenvalue weighted by Gasteiger charge is -2.33. The highest BCUT2D eigenvalue weighted by Crippen LogP contribution is 2.27. The molecule has 1 heterocycles. The van der Waals surface area contributed by atoms with Crippen molar-refractivity contribution in [3.63, 3.8) is 0 Å². The molecule has 0 aliphatic carbocycles. The molecular weight excluding hydrogens is 340 g/mol. The summed E-state index contributed by atoms with van der Waals surface area (Å²) in [6.45, 7) is 5.60. The molecule has 6 heteroatoms. The molecule has 0 atom stereocenters. The van der Waals surface area contributed by atoms with E-state index < -0.39 is 0 Å². The van der Waals surface area contributed by atoms with Gasteiger partial charge in [0.05, 0.1) is 6.54 Å². The molecule has 3 rings (SSSR count). The van der Waals surface area contributed by atoms with Crippen molar-refractivity contribution in [1.82, 2.24) is 9.80 Å². The van der Waals surface area contributed by atoms with Crippen LogP contribution in [0.15, 0.2) is 54.6 Å². The molecule has 1 aliphatic rings. The van der Waals surface area contributed by atoms with Crippen LogP contribution in [0.5, 0.6) is 0 Å². The van der Waals surface area contributed by atoms with E-state index in [0.29, 0.717) is 12.2 Å². The van der Waals surface area contributed by atoms with E-state index in [1.54, 1.807) is 4.90 Å². The van der Waals surface area contributed by atoms with Crippen molar-refractivity contribution in [2.75, 3.05) is 50.0 Å². The number of carbonyl (C=O) groups is 2. The van der Waals surface area contributed by atoms with Crippen molar-refractivity contribution < 1.29 is 9.59 Å². The Morgan fingerprint density at radius 3 is 2.11 bits per heavy atom. The maximum Gasteiger partial charge on any atom is 0.245 e. The Kier molecular flexibility index (Phi) is 6.21. The molecule has 2 aromatic rings. The van der Waals surface area contributed by atoms with Crippen LogP contribution in [0.1, 0.15) is 6.92 Å². The second-order valence-corrected chi connectivity index (χ2v) is 6.87. The van der Waals surface area contributed by atoms with Gasteiger partial charge in [0.15, 0.2) is 0 Å². The number of carbonyl (C=O) groups excluding carboxylic acids is 2. The molecule has 0 saturated carbocycles. The molecule has 0 radical (unpaired) electrons. The molecule has 142 valence electrons. The van der Waals surface area contributed by atoms with Crippen LogP contribution >= 0.6 is 0 Å². The number of anilines is 3. The summed E-state index contributed by atoms with van der Waals surface area (Å²) in [7, 11) is 2.10. The van der Waals surface area contributed by atoms with Crippen LogP contribution in [-0.2, 0) is 9.59 Å². The summed E-state index contributed by atoms with van der Waals surface area (Å²) in [6.07, 6.45) is 0. The lowest BCUT2D eigenvalue weighted by Crippen LogP contribution is -2.48. The monoisotopic (exact) mass is 366 g/mol. The van der Waals surface area contributed by atoms with Gasteiger partial charge in [-0.1, -0.05) is 18.2 Å². The second-order valence-electron chi connectivity index (χ2n) is 6.87. The SMILES string of the molecule is CC(=O)Nc1ccc(N(C(=O)CN2CCN(C)CC2)c2ccccc2)cc1. The van der Waals surface area contributed by atoms with E-state index in [4.69, 9.17) is 0 Å². The molecule has 0 aromatic heterocycles. The highest BCUT2D eigenvalue weighted by Gasteiger charge is 2.22. The van der Waals surface area contributed by atoms with Gasteiger partial charge in [0, 0.05) is 50.2 Å². The molecule has 27 heavy (non-hydrogen) atoms. The Bertz CT molecular complexity index is 769. The Balaban J connectivity index is 1.81. The minimum Gasteiger partial charge on any atom is -0.326 e. The molecular formula is C21H26N4O2. The number of likely N-dealkylation sites (N-methyl/N-ethyl adjacent to an activating group) is 1. The van der Waals surface area contributed by atoms with Gasteiger partial charge in [-0.25, -0.2) is 0 Å². The summed E-state index contributed by atoms with van der Waals surface area (Å²) in [5.74, 6) is -0.0770. The zero-order valence-corrected chi connectivity index (χ0v) is 15.9. The number of nitrogens with one attached hydrogen (secondary N) is 1. The molecule has 6 nitrogen and oxygen atoms in total. The van der Waals surface area contributed by atoms with Crippen LogP contribution < -0.4 is 10.2 Å². The van der Waals surface area contributed by atoms with Gasteiger partial charge in [-0.2, -0.15) is 0 Å². The van der Waals surface area contributed by atoms with Crippen molar-refractivity contribution in [1.29, 1.82) is 0 Å². The van der Waals surface area contributed by atoms with E-state index in [0.717, 1.165) is 37.6 Å². The van der Waals surface area contributed by atoms with Gasteiger partial charge < -0.3 is 10.2 Å². The summed E-state index contributed by atoms with van der Waals surface area (Å²) in [4.78, 5) is 30.6. The predicted octanol–water partition coefficient (Wildman–Crippen LogP) is 2.56. The van der Waals surface area contributed by atoms with Crippen LogP contribution in [0.4, 0.5) is 17.1 Å². The Hall–Kier alpha value is -2.70. The van der Waals surface area contributed by atoms with Crippen molar-refractivity contribution in [2.45, 2.75) is 6.92 Å². The van der Waals surface area contributed by atoms with E-state index in [9.17, 15) is 9.59 Å². The lowest BCUT2D eigenvalue weighted by molar-refractivity contribution is -0.119. The van der Waals surface area contributed by atoms with Gasteiger partial charge in [0.25, 0.3) is 0 Å². The third kappa shape index (κ3) is 5.15. The van der Waals surface area contributed by atoms with Gasteiger partial charge >= 0.3 is 0 Å². The first-order chi connectivity index (χ1) is 13.0. The van der Waals surface area contributed by atoms with Crippen LogP contribution in [0, 0.1) is 0 Å². The van der Waals surface area contributed by atoms with Crippen LogP contribution in [0.25, 0.3) is 0 Å². The number of hydrogen-bond donors (Lipinski definition) is 1. The van der Waals surface area contributed by atoms with E-state index >= 15 is 0 Å². The molecule has 1 saturated heterocycles. The first-order valence-electron chi connectivity index (χ1n) is 9.19. The molecule has 0 bridgehead atoms. The summed E-state index contributed by atoms with van der Waals surface area (Å²) in [5.41, 5.74) is 2.34. The highest BCUT2D eigenvalue weighted by atomic mass is 16.2. The Morgan fingerprint density at radius 2 is 1.52 bits per heavy atom. The fourth-order valence-electron chi connectivity index (χ4n) is 3.18. The van der Waals surface area contributed by atoms with E-state index in [-0.39, 0.29) is 11.8 Å². The fourth-order valence-corrected chi connectivity index (χ4v) is 3.18. The zero-order chi connectivity index (χ0) is 19.2. The minimum absolute atomic E-state index is 0.0398. The summed E-state index contributed by atoms with van der Waals surface area (Å²) in [6, 6.07) is 17.0. The first kappa shape index (κ1) is 19.1. The maximum absolute atomic E-state index is 13.2. The average molecular weight is 366 g/mol. The number of piperazine rings is 1. The number of para-hydroxylation sites is 1. The summed E-state index contributed by atoms with van der Waals surface area (Å²) >= 11 is 0. The number of rotatable bonds is 5. The summed E-state index contributed by atoms with van der Waals surface area (Å²) < 4.78 is 0. The molecule has 2 aromatic carbocycles. The first-order valence-corrected chi connectivity index (χ1v) is 9.19. The second kappa shape index (κ2) is 8.79. The molecule has 2 amide bonds. The maximum atomic E-state index is 13.2. The van der Waals surface area contributed by atoms with Crippen LogP contribution in [0.2, 0.25) is 0 Å². The van der Waals surface area contributed by atoms with Gasteiger partial charge in [-0.3, -0.25) is 19.4 Å². The molecule has 0 unspecified atom stereocenters. The highest BCUT2D eigenvalue weighted by molar-refractivity contribution is 6.02. The van der Waals surface area contributed by atoms with Gasteiger partial charge in [0.2, 0.25) is 11.8 Å². The molecule has 1 aliphatic heterocycles. The van der Waals surface area contributed by atoms with Gasteiger partial charge in [-0.05, 0) is 43.4 Å². The predicted molar refractivity (Wildman–Crippen MR) is 108 cm³/mol. The Morgan fingerprint density at radius 1 is 0.926 bits per heavy atom. The largest absolute Gasteiger partial charge is 0.326 e. The standard InChI is InChI=1S/C21H26N4O2/c1-17(26)22-18-8-10-20(11-9-18)25(19-6-4-3-5-7-19)21(27)16-24-14-12-23(2)13-15-24/h3-11H,12-16H2,1-2H3,(H,22,26).